The molecule has 0 radical (unpaired) electrons. The molecule has 0 amide bonds. The van der Waals surface area contributed by atoms with E-state index in [0.717, 1.165) is 12.8 Å². The Kier molecular flexibility index (Phi) is 47.5. The molecule has 0 aliphatic heterocycles. The van der Waals surface area contributed by atoms with Crippen molar-refractivity contribution < 1.29 is 37.7 Å². The summed E-state index contributed by atoms with van der Waals surface area (Å²) in [6.07, 6.45) is 22.1. The fraction of sp³-hybridized carbons (Fsp3) is 0.900. The topological polar surface area (TPSA) is 0 Å². The van der Waals surface area contributed by atoms with Gasteiger partial charge in [-0.1, -0.05) is 104 Å². The summed E-state index contributed by atoms with van der Waals surface area (Å²) in [7, 11) is 0. The monoisotopic (exact) mass is 296 g/mol. The summed E-state index contributed by atoms with van der Waals surface area (Å²) in [5, 5.41) is 0. The van der Waals surface area contributed by atoms with Gasteiger partial charge in [-0.15, -0.1) is 0 Å². The van der Waals surface area contributed by atoms with E-state index in [1.165, 1.54) is 89.9 Å². The third-order valence-corrected chi connectivity index (χ3v) is 3.71. The largest absolute Gasteiger partial charge is 1.00 e. The first-order valence-corrected chi connectivity index (χ1v) is 9.41. The molecule has 0 rings (SSSR count). The van der Waals surface area contributed by atoms with Crippen molar-refractivity contribution in [2.45, 2.75) is 117 Å². The zero-order chi connectivity index (χ0) is 15.3. The summed E-state index contributed by atoms with van der Waals surface area (Å²) in [6, 6.07) is 0. The maximum absolute atomic E-state index is 3.87. The molecule has 0 nitrogen and oxygen atoms in total. The predicted molar refractivity (Wildman–Crippen MR) is 95.9 cm³/mol. The van der Waals surface area contributed by atoms with Crippen LogP contribution in [-0.2, 0) is 0 Å². The summed E-state index contributed by atoms with van der Waals surface area (Å²) >= 11 is 0. The van der Waals surface area contributed by atoms with Crippen molar-refractivity contribution in [1.29, 1.82) is 0 Å². The average Bonchev–Trinajstić information content (AvgIpc) is 2.49. The Labute approximate surface area is 167 Å². The van der Waals surface area contributed by atoms with E-state index in [9.17, 15) is 0 Å². The van der Waals surface area contributed by atoms with Crippen LogP contribution in [0.4, 0.5) is 0 Å². The summed E-state index contributed by atoms with van der Waals surface area (Å²) in [6.45, 7) is 11.9. The van der Waals surface area contributed by atoms with Crippen molar-refractivity contribution in [3.8, 4) is 0 Å². The summed E-state index contributed by atoms with van der Waals surface area (Å²) in [5.74, 6) is 0. The van der Waals surface area contributed by atoms with Gasteiger partial charge >= 0.3 is 37.7 Å². The molecule has 0 aromatic rings. The van der Waals surface area contributed by atoms with Gasteiger partial charge in [-0.05, 0) is 0 Å². The van der Waals surface area contributed by atoms with E-state index in [1.807, 2.05) is 0 Å². The molecule has 0 saturated carbocycles. The molecule has 0 aliphatic carbocycles. The standard InChI is InChI=1S/C16H33.C4H9.2Li/c1-3-5-7-9-11-13-15-16-14-12-10-8-6-4-2;1-3-4-2;;/h1,3-16H2,2H3;1,3-4H2,2H3;;/q2*-1;2*+1. The third-order valence-electron chi connectivity index (χ3n) is 3.71. The minimum absolute atomic E-state index is 0. The average molecular weight is 296 g/mol. The fourth-order valence-electron chi connectivity index (χ4n) is 2.19. The number of unbranched alkanes of at least 4 members (excludes halogenated alkanes) is 14. The van der Waals surface area contributed by atoms with Crippen LogP contribution in [0.1, 0.15) is 117 Å². The Balaban J connectivity index is -0.000000240. The first-order valence-electron chi connectivity index (χ1n) is 9.41. The molecule has 0 heterocycles. The molecule has 2 heteroatoms. The van der Waals surface area contributed by atoms with Gasteiger partial charge in [-0.25, -0.2) is 0 Å². The maximum Gasteiger partial charge on any atom is 1.00 e. The normalized spacial score (nSPS) is 9.27. The van der Waals surface area contributed by atoms with Crippen molar-refractivity contribution in [1.82, 2.24) is 0 Å². The number of hydrogen-bond donors (Lipinski definition) is 0. The van der Waals surface area contributed by atoms with Crippen LogP contribution in [0.25, 0.3) is 0 Å². The van der Waals surface area contributed by atoms with Gasteiger partial charge in [0.1, 0.15) is 0 Å². The van der Waals surface area contributed by atoms with Crippen molar-refractivity contribution in [3.05, 3.63) is 13.8 Å². The van der Waals surface area contributed by atoms with Gasteiger partial charge in [0.05, 0.1) is 0 Å². The molecule has 0 fully saturated rings. The summed E-state index contributed by atoms with van der Waals surface area (Å²) in [4.78, 5) is 0. The quantitative estimate of drug-likeness (QED) is 0.261. The molecule has 0 spiro atoms. The van der Waals surface area contributed by atoms with Crippen molar-refractivity contribution >= 4 is 0 Å². The van der Waals surface area contributed by atoms with Gasteiger partial charge in [-0.2, -0.15) is 12.8 Å². The second kappa shape index (κ2) is 33.7. The molecular weight excluding hydrogens is 254 g/mol. The fourth-order valence-corrected chi connectivity index (χ4v) is 2.19. The molecule has 0 aromatic carbocycles. The first kappa shape index (κ1) is 31.0. The van der Waals surface area contributed by atoms with Gasteiger partial charge in [0.25, 0.3) is 0 Å². The Morgan fingerprint density at radius 3 is 0.909 bits per heavy atom. The Hall–Kier alpha value is 1.19. The van der Waals surface area contributed by atoms with E-state index < -0.39 is 0 Å². The molecule has 0 unspecified atom stereocenters. The molecule has 0 bridgehead atoms. The minimum Gasteiger partial charge on any atom is -0.343 e. The van der Waals surface area contributed by atoms with Crippen LogP contribution in [0.3, 0.4) is 0 Å². The number of rotatable bonds is 14. The van der Waals surface area contributed by atoms with Gasteiger partial charge in [0.2, 0.25) is 0 Å². The summed E-state index contributed by atoms with van der Waals surface area (Å²) in [5.41, 5.74) is 0. The molecule has 0 saturated heterocycles. The van der Waals surface area contributed by atoms with Crippen LogP contribution < -0.4 is 37.7 Å². The SMILES string of the molecule is [CH2-]CCC.[CH2-]CCCCCCCCCCCCCCC.[Li+].[Li+]. The van der Waals surface area contributed by atoms with Crippen LogP contribution in [0.15, 0.2) is 0 Å². The van der Waals surface area contributed by atoms with Crippen LogP contribution in [0.2, 0.25) is 0 Å². The first-order chi connectivity index (χ1) is 9.83. The minimum atomic E-state index is 0. The van der Waals surface area contributed by atoms with E-state index in [-0.39, 0.29) is 37.7 Å². The second-order valence-corrected chi connectivity index (χ2v) is 5.95. The molecule has 0 aliphatic rings. The van der Waals surface area contributed by atoms with Crippen molar-refractivity contribution in [2.75, 3.05) is 0 Å². The molecule has 0 aromatic heterocycles. The van der Waals surface area contributed by atoms with Crippen LogP contribution in [0.5, 0.6) is 0 Å². The van der Waals surface area contributed by atoms with Gasteiger partial charge in [0, 0.05) is 0 Å². The van der Waals surface area contributed by atoms with Crippen LogP contribution in [-0.4, -0.2) is 0 Å². The molecule has 124 valence electrons. The Morgan fingerprint density at radius 2 is 0.682 bits per heavy atom. The molecule has 0 atom stereocenters. The Morgan fingerprint density at radius 1 is 0.409 bits per heavy atom. The van der Waals surface area contributed by atoms with Crippen LogP contribution in [0, 0.1) is 13.8 Å². The Bertz CT molecular complexity index is 122. The smallest absolute Gasteiger partial charge is 0.343 e. The summed E-state index contributed by atoms with van der Waals surface area (Å²) < 4.78 is 0. The van der Waals surface area contributed by atoms with E-state index in [1.54, 1.807) is 0 Å². The zero-order valence-electron chi connectivity index (χ0n) is 16.7. The zero-order valence-corrected chi connectivity index (χ0v) is 16.7. The number of hydrogen-bond acceptors (Lipinski definition) is 0. The van der Waals surface area contributed by atoms with Crippen molar-refractivity contribution in [3.63, 3.8) is 0 Å². The predicted octanol–water partition coefficient (Wildman–Crippen LogP) is 1.93. The van der Waals surface area contributed by atoms with E-state index in [0.29, 0.717) is 0 Å². The van der Waals surface area contributed by atoms with Crippen LogP contribution >= 0.6 is 0 Å². The van der Waals surface area contributed by atoms with E-state index >= 15 is 0 Å². The maximum atomic E-state index is 3.87. The van der Waals surface area contributed by atoms with Gasteiger partial charge < -0.3 is 13.8 Å². The third kappa shape index (κ3) is 37.4. The van der Waals surface area contributed by atoms with Gasteiger partial charge in [-0.3, -0.25) is 0 Å². The molecule has 0 N–H and O–H groups in total. The van der Waals surface area contributed by atoms with Gasteiger partial charge in [0.15, 0.2) is 0 Å². The van der Waals surface area contributed by atoms with E-state index in [4.69, 9.17) is 0 Å². The van der Waals surface area contributed by atoms with Crippen molar-refractivity contribution in [2.24, 2.45) is 0 Å². The molecule has 22 heavy (non-hydrogen) atoms. The molecular formula is C20H42Li2. The van der Waals surface area contributed by atoms with E-state index in [2.05, 4.69) is 27.7 Å². The second-order valence-electron chi connectivity index (χ2n) is 5.95.